The lowest BCUT2D eigenvalue weighted by atomic mass is 9.88. The van der Waals surface area contributed by atoms with E-state index in [4.69, 9.17) is 0 Å². The lowest BCUT2D eigenvalue weighted by Gasteiger charge is -2.26. The quantitative estimate of drug-likeness (QED) is 0.515. The number of hydrogen-bond donors (Lipinski definition) is 1. The van der Waals surface area contributed by atoms with E-state index in [1.54, 1.807) is 0 Å². The Hall–Kier alpha value is -3.25. The average molecular weight is 430 g/mol. The van der Waals surface area contributed by atoms with Crippen molar-refractivity contribution in [2.45, 2.75) is 38.8 Å². The first kappa shape index (κ1) is 19.7. The van der Waals surface area contributed by atoms with Crippen LogP contribution in [-0.4, -0.2) is 15.5 Å². The zero-order valence-corrected chi connectivity index (χ0v) is 18.1. The molecule has 4 aromatic rings. The molecule has 1 N–H and O–H groups in total. The van der Waals surface area contributed by atoms with Gasteiger partial charge in [-0.1, -0.05) is 54.6 Å². The lowest BCUT2D eigenvalue weighted by Crippen LogP contribution is -2.36. The zero-order chi connectivity index (χ0) is 21.4. The van der Waals surface area contributed by atoms with E-state index in [1.807, 2.05) is 49.4 Å². The predicted molar refractivity (Wildman–Crippen MR) is 124 cm³/mol. The topological polar surface area (TPSA) is 64.0 Å². The molecule has 6 heteroatoms. The van der Waals surface area contributed by atoms with Crippen molar-refractivity contribution in [1.82, 2.24) is 14.9 Å². The number of rotatable bonds is 4. The highest BCUT2D eigenvalue weighted by Gasteiger charge is 2.22. The summed E-state index contributed by atoms with van der Waals surface area (Å²) in [6, 6.07) is 18.3. The Balaban J connectivity index is 1.41. The molecule has 2 aromatic heterocycles. The van der Waals surface area contributed by atoms with E-state index in [0.29, 0.717) is 10.2 Å². The molecule has 156 valence electrons. The maximum Gasteiger partial charge on any atom is 0.262 e. The fourth-order valence-corrected chi connectivity index (χ4v) is 5.58. The third-order valence-corrected chi connectivity index (χ3v) is 7.22. The molecule has 0 bridgehead atoms. The molecule has 0 aliphatic heterocycles. The second-order valence-corrected chi connectivity index (χ2v) is 8.99. The number of amides is 1. The fourth-order valence-electron chi connectivity index (χ4n) is 4.44. The first-order chi connectivity index (χ1) is 15.1. The van der Waals surface area contributed by atoms with Gasteiger partial charge in [0.2, 0.25) is 5.91 Å². The molecule has 1 aliphatic rings. The summed E-state index contributed by atoms with van der Waals surface area (Å²) in [5.41, 5.74) is 4.30. The number of aromatic nitrogens is 2. The Morgan fingerprint density at radius 1 is 1.16 bits per heavy atom. The monoisotopic (exact) mass is 429 g/mol. The van der Waals surface area contributed by atoms with Gasteiger partial charge in [0, 0.05) is 4.88 Å². The summed E-state index contributed by atoms with van der Waals surface area (Å²) in [7, 11) is 0. The lowest BCUT2D eigenvalue weighted by molar-refractivity contribution is -0.122. The number of carbonyl (C=O) groups is 1. The molecule has 1 atom stereocenters. The molecule has 31 heavy (non-hydrogen) atoms. The second kappa shape index (κ2) is 8.12. The number of thiophene rings is 1. The highest BCUT2D eigenvalue weighted by atomic mass is 32.1. The summed E-state index contributed by atoms with van der Waals surface area (Å²) >= 11 is 1.51. The largest absolute Gasteiger partial charge is 0.348 e. The Kier molecular flexibility index (Phi) is 5.16. The number of hydrogen-bond acceptors (Lipinski definition) is 4. The van der Waals surface area contributed by atoms with Crippen LogP contribution >= 0.6 is 11.3 Å². The number of fused-ring (bicyclic) bond motifs is 2. The third-order valence-electron chi connectivity index (χ3n) is 5.97. The minimum atomic E-state index is -0.167. The van der Waals surface area contributed by atoms with Gasteiger partial charge in [-0.15, -0.1) is 11.3 Å². The normalized spacial score (nSPS) is 15.6. The zero-order valence-electron chi connectivity index (χ0n) is 17.3. The Morgan fingerprint density at radius 2 is 1.94 bits per heavy atom. The molecule has 0 fully saturated rings. The number of carbonyl (C=O) groups excluding carboxylic acids is 1. The summed E-state index contributed by atoms with van der Waals surface area (Å²) in [6.07, 6.45) is 4.50. The van der Waals surface area contributed by atoms with E-state index in [0.717, 1.165) is 35.3 Å². The van der Waals surface area contributed by atoms with Gasteiger partial charge in [0.05, 0.1) is 17.8 Å². The van der Waals surface area contributed by atoms with Crippen LogP contribution in [0.5, 0.6) is 0 Å². The van der Waals surface area contributed by atoms with E-state index >= 15 is 0 Å². The number of nitrogens with zero attached hydrogens (tertiary/aromatic N) is 2. The van der Waals surface area contributed by atoms with Crippen molar-refractivity contribution in [3.8, 4) is 10.4 Å². The van der Waals surface area contributed by atoms with Gasteiger partial charge in [-0.05, 0) is 48.4 Å². The molecule has 2 heterocycles. The van der Waals surface area contributed by atoms with Crippen LogP contribution in [0.4, 0.5) is 0 Å². The molecule has 1 aliphatic carbocycles. The number of nitrogens with one attached hydrogen (secondary N) is 1. The van der Waals surface area contributed by atoms with E-state index in [9.17, 15) is 9.59 Å². The SMILES string of the molecule is Cc1c(-c2ccccc2)sc2ncn(CC(=O)NC3CCCc4ccccc43)c(=O)c12. The minimum absolute atomic E-state index is 0.00240. The summed E-state index contributed by atoms with van der Waals surface area (Å²) in [4.78, 5) is 32.2. The molecule has 5 rings (SSSR count). The van der Waals surface area contributed by atoms with E-state index in [2.05, 4.69) is 22.4 Å². The maximum atomic E-state index is 13.2. The predicted octanol–water partition coefficient (Wildman–Crippen LogP) is 4.63. The van der Waals surface area contributed by atoms with Crippen molar-refractivity contribution in [3.05, 3.63) is 88.0 Å². The summed E-state index contributed by atoms with van der Waals surface area (Å²) < 4.78 is 1.42. The molecule has 2 aromatic carbocycles. The highest BCUT2D eigenvalue weighted by Crippen LogP contribution is 2.35. The Labute approximate surface area is 184 Å². The van der Waals surface area contributed by atoms with E-state index < -0.39 is 0 Å². The molecule has 5 nitrogen and oxygen atoms in total. The van der Waals surface area contributed by atoms with Crippen LogP contribution in [0.1, 0.15) is 35.6 Å². The van der Waals surface area contributed by atoms with Gasteiger partial charge in [0.15, 0.2) is 0 Å². The van der Waals surface area contributed by atoms with Crippen molar-refractivity contribution >= 4 is 27.5 Å². The standard InChI is InChI=1S/C25H23N3O2S/c1-16-22-24(31-23(16)18-9-3-2-4-10-18)26-15-28(25(22)30)14-21(29)27-20-13-7-11-17-8-5-6-12-19(17)20/h2-6,8-10,12,15,20H,7,11,13-14H2,1H3,(H,27,29). The van der Waals surface area contributed by atoms with E-state index in [-0.39, 0.29) is 24.1 Å². The highest BCUT2D eigenvalue weighted by molar-refractivity contribution is 7.22. The number of benzene rings is 2. The molecule has 0 radical (unpaired) electrons. The van der Waals surface area contributed by atoms with Gasteiger partial charge in [-0.3, -0.25) is 14.2 Å². The maximum absolute atomic E-state index is 13.2. The Bertz CT molecular complexity index is 1320. The molecule has 0 saturated carbocycles. The summed E-state index contributed by atoms with van der Waals surface area (Å²) in [6.45, 7) is 1.92. The minimum Gasteiger partial charge on any atom is -0.348 e. The smallest absolute Gasteiger partial charge is 0.262 e. The van der Waals surface area contributed by atoms with Gasteiger partial charge >= 0.3 is 0 Å². The first-order valence-electron chi connectivity index (χ1n) is 10.5. The molecular weight excluding hydrogens is 406 g/mol. The Morgan fingerprint density at radius 3 is 2.77 bits per heavy atom. The molecule has 1 unspecified atom stereocenters. The molecule has 0 saturated heterocycles. The van der Waals surface area contributed by atoms with Crippen molar-refractivity contribution in [1.29, 1.82) is 0 Å². The fraction of sp³-hybridized carbons (Fsp3) is 0.240. The van der Waals surface area contributed by atoms with Gasteiger partial charge in [0.1, 0.15) is 11.4 Å². The van der Waals surface area contributed by atoms with Crippen molar-refractivity contribution in [3.63, 3.8) is 0 Å². The van der Waals surface area contributed by atoms with Crippen LogP contribution in [0, 0.1) is 6.92 Å². The van der Waals surface area contributed by atoms with Crippen LogP contribution in [0.2, 0.25) is 0 Å². The second-order valence-electron chi connectivity index (χ2n) is 7.99. The van der Waals surface area contributed by atoms with Crippen molar-refractivity contribution in [2.75, 3.05) is 0 Å². The van der Waals surface area contributed by atoms with Gasteiger partial charge < -0.3 is 5.32 Å². The first-order valence-corrected chi connectivity index (χ1v) is 11.3. The van der Waals surface area contributed by atoms with Crippen LogP contribution in [0.15, 0.2) is 65.7 Å². The van der Waals surface area contributed by atoms with Crippen LogP contribution in [-0.2, 0) is 17.8 Å². The summed E-state index contributed by atoms with van der Waals surface area (Å²) in [5, 5.41) is 3.72. The van der Waals surface area contributed by atoms with Crippen LogP contribution in [0.25, 0.3) is 20.7 Å². The number of aryl methyl sites for hydroxylation is 2. The van der Waals surface area contributed by atoms with Gasteiger partial charge in [0.25, 0.3) is 5.56 Å². The van der Waals surface area contributed by atoms with Crippen molar-refractivity contribution < 1.29 is 4.79 Å². The van der Waals surface area contributed by atoms with E-state index in [1.165, 1.54) is 33.4 Å². The molecule has 0 spiro atoms. The average Bonchev–Trinajstić information content (AvgIpc) is 3.13. The van der Waals surface area contributed by atoms with Gasteiger partial charge in [-0.2, -0.15) is 0 Å². The molecular formula is C25H23N3O2S. The van der Waals surface area contributed by atoms with Crippen molar-refractivity contribution in [2.24, 2.45) is 0 Å². The van der Waals surface area contributed by atoms with Crippen LogP contribution < -0.4 is 10.9 Å². The van der Waals surface area contributed by atoms with Gasteiger partial charge in [-0.25, -0.2) is 4.98 Å². The van der Waals surface area contributed by atoms with Crippen LogP contribution in [0.3, 0.4) is 0 Å². The summed E-state index contributed by atoms with van der Waals surface area (Å²) in [5.74, 6) is -0.166. The molecule has 1 amide bonds. The third kappa shape index (κ3) is 3.68.